The average molecular weight is 367 g/mol. The number of anilines is 1. The fourth-order valence-corrected chi connectivity index (χ4v) is 3.49. The van der Waals surface area contributed by atoms with E-state index in [1.54, 1.807) is 18.2 Å². The van der Waals surface area contributed by atoms with Crippen molar-refractivity contribution < 1.29 is 4.74 Å². The van der Waals surface area contributed by atoms with Crippen LogP contribution in [0.3, 0.4) is 0 Å². The lowest BCUT2D eigenvalue weighted by molar-refractivity contribution is 0.183. The SMILES string of the molecule is COCCn1cc(-c2nn(C3CCCN(C#N)C3)c3ncnc(N)c23)cn1. The number of fused-ring (bicyclic) bond motifs is 1. The second-order valence-corrected chi connectivity index (χ2v) is 6.58. The second kappa shape index (κ2) is 7.20. The number of likely N-dealkylation sites (tertiary alicyclic amines) is 1. The first-order chi connectivity index (χ1) is 13.2. The Morgan fingerprint density at radius 3 is 3.11 bits per heavy atom. The number of ether oxygens (including phenoxy) is 1. The van der Waals surface area contributed by atoms with Crippen molar-refractivity contribution in [2.24, 2.45) is 0 Å². The third-order valence-corrected chi connectivity index (χ3v) is 4.83. The summed E-state index contributed by atoms with van der Waals surface area (Å²) in [6.45, 7) is 2.63. The molecule has 140 valence electrons. The summed E-state index contributed by atoms with van der Waals surface area (Å²) < 4.78 is 8.80. The average Bonchev–Trinajstić information content (AvgIpc) is 3.31. The molecule has 0 aliphatic carbocycles. The van der Waals surface area contributed by atoms with Crippen LogP contribution < -0.4 is 5.73 Å². The van der Waals surface area contributed by atoms with Gasteiger partial charge in [0.05, 0.1) is 37.3 Å². The summed E-state index contributed by atoms with van der Waals surface area (Å²) in [5.74, 6) is 0.388. The molecule has 0 aromatic carbocycles. The molecule has 4 rings (SSSR count). The largest absolute Gasteiger partial charge is 0.383 e. The van der Waals surface area contributed by atoms with E-state index in [4.69, 9.17) is 15.6 Å². The molecule has 0 radical (unpaired) electrons. The molecule has 4 heterocycles. The fourth-order valence-electron chi connectivity index (χ4n) is 3.49. The topological polar surface area (TPSA) is 124 Å². The summed E-state index contributed by atoms with van der Waals surface area (Å²) in [5, 5.41) is 19.2. The van der Waals surface area contributed by atoms with E-state index in [9.17, 15) is 5.26 Å². The van der Waals surface area contributed by atoms with Crippen molar-refractivity contribution in [3.8, 4) is 17.5 Å². The molecule has 1 aliphatic heterocycles. The Kier molecular flexibility index (Phi) is 4.60. The second-order valence-electron chi connectivity index (χ2n) is 6.58. The number of piperidine rings is 1. The zero-order valence-electron chi connectivity index (χ0n) is 15.1. The van der Waals surface area contributed by atoms with Crippen molar-refractivity contribution >= 4 is 16.9 Å². The van der Waals surface area contributed by atoms with E-state index in [2.05, 4.69) is 21.3 Å². The van der Waals surface area contributed by atoms with Crippen molar-refractivity contribution in [3.63, 3.8) is 0 Å². The zero-order valence-corrected chi connectivity index (χ0v) is 15.1. The summed E-state index contributed by atoms with van der Waals surface area (Å²) in [6.07, 6.45) is 9.23. The van der Waals surface area contributed by atoms with Crippen LogP contribution in [-0.4, -0.2) is 61.2 Å². The third-order valence-electron chi connectivity index (χ3n) is 4.83. The molecule has 1 saturated heterocycles. The molecule has 3 aromatic rings. The van der Waals surface area contributed by atoms with Gasteiger partial charge in [0.15, 0.2) is 11.8 Å². The number of nitrogens with zero attached hydrogens (tertiary/aromatic N) is 8. The molecule has 3 aromatic heterocycles. The molecule has 2 N–H and O–H groups in total. The summed E-state index contributed by atoms with van der Waals surface area (Å²) in [4.78, 5) is 10.3. The molecular formula is C17H21N9O. The van der Waals surface area contributed by atoms with Gasteiger partial charge in [0.1, 0.15) is 17.8 Å². The van der Waals surface area contributed by atoms with Crippen LogP contribution in [0.15, 0.2) is 18.7 Å². The van der Waals surface area contributed by atoms with E-state index >= 15 is 0 Å². The van der Waals surface area contributed by atoms with Crippen LogP contribution >= 0.6 is 0 Å². The van der Waals surface area contributed by atoms with Crippen molar-refractivity contribution in [1.29, 1.82) is 5.26 Å². The van der Waals surface area contributed by atoms with Gasteiger partial charge in [-0.25, -0.2) is 14.6 Å². The van der Waals surface area contributed by atoms with Gasteiger partial charge in [0, 0.05) is 25.4 Å². The van der Waals surface area contributed by atoms with Crippen molar-refractivity contribution in [2.75, 3.05) is 32.5 Å². The van der Waals surface area contributed by atoms with Crippen LogP contribution in [0.4, 0.5) is 5.82 Å². The van der Waals surface area contributed by atoms with Crippen LogP contribution in [0.5, 0.6) is 0 Å². The van der Waals surface area contributed by atoms with Gasteiger partial charge in [-0.2, -0.15) is 15.5 Å². The molecule has 0 spiro atoms. The number of hydrogen-bond donors (Lipinski definition) is 1. The van der Waals surface area contributed by atoms with Gasteiger partial charge in [-0.3, -0.25) is 4.68 Å². The Hall–Kier alpha value is -3.19. The quantitative estimate of drug-likeness (QED) is 0.663. The summed E-state index contributed by atoms with van der Waals surface area (Å²) in [5.41, 5.74) is 8.41. The molecular weight excluding hydrogens is 346 g/mol. The highest BCUT2D eigenvalue weighted by atomic mass is 16.5. The molecule has 10 nitrogen and oxygen atoms in total. The van der Waals surface area contributed by atoms with Crippen LogP contribution in [0.25, 0.3) is 22.3 Å². The minimum atomic E-state index is 0.0625. The highest BCUT2D eigenvalue weighted by Gasteiger charge is 2.26. The Morgan fingerprint density at radius 2 is 2.30 bits per heavy atom. The van der Waals surface area contributed by atoms with Crippen LogP contribution in [0, 0.1) is 11.5 Å². The van der Waals surface area contributed by atoms with Gasteiger partial charge in [-0.1, -0.05) is 0 Å². The predicted octanol–water partition coefficient (Wildman–Crippen LogP) is 1.04. The first-order valence-corrected chi connectivity index (χ1v) is 8.86. The standard InChI is InChI=1S/C17H21N9O/c1-27-6-5-25-8-12(7-22-25)15-14-16(19)20-11-21-17(14)26(23-15)13-3-2-4-24(9-13)10-18/h7-8,11,13H,2-6,9H2,1H3,(H2,19,20,21). The van der Waals surface area contributed by atoms with Crippen LogP contribution in [0.2, 0.25) is 0 Å². The maximum Gasteiger partial charge on any atom is 0.179 e. The van der Waals surface area contributed by atoms with E-state index in [0.29, 0.717) is 36.9 Å². The van der Waals surface area contributed by atoms with Crippen molar-refractivity contribution in [1.82, 2.24) is 34.4 Å². The number of nitrogens with two attached hydrogens (primary N) is 1. The minimum absolute atomic E-state index is 0.0625. The number of hydrogen-bond acceptors (Lipinski definition) is 8. The van der Waals surface area contributed by atoms with E-state index in [1.165, 1.54) is 6.33 Å². The van der Waals surface area contributed by atoms with Crippen molar-refractivity contribution in [2.45, 2.75) is 25.4 Å². The fraction of sp³-hybridized carbons (Fsp3) is 0.471. The summed E-state index contributed by atoms with van der Waals surface area (Å²) >= 11 is 0. The Balaban J connectivity index is 1.77. The highest BCUT2D eigenvalue weighted by Crippen LogP contribution is 2.33. The number of rotatable bonds is 5. The molecule has 0 saturated carbocycles. The number of aromatic nitrogens is 6. The molecule has 1 fully saturated rings. The predicted molar refractivity (Wildman–Crippen MR) is 98.3 cm³/mol. The smallest absolute Gasteiger partial charge is 0.179 e. The maximum atomic E-state index is 9.25. The Morgan fingerprint density at radius 1 is 1.41 bits per heavy atom. The van der Waals surface area contributed by atoms with Crippen LogP contribution in [-0.2, 0) is 11.3 Å². The Bertz CT molecular complexity index is 986. The van der Waals surface area contributed by atoms with Crippen LogP contribution in [0.1, 0.15) is 18.9 Å². The number of nitriles is 1. The molecule has 0 bridgehead atoms. The lowest BCUT2D eigenvalue weighted by Crippen LogP contribution is -2.33. The molecule has 0 amide bonds. The first-order valence-electron chi connectivity index (χ1n) is 8.86. The lowest BCUT2D eigenvalue weighted by atomic mass is 10.1. The highest BCUT2D eigenvalue weighted by molar-refractivity contribution is 5.98. The van der Waals surface area contributed by atoms with E-state index in [-0.39, 0.29) is 6.04 Å². The zero-order chi connectivity index (χ0) is 18.8. The summed E-state index contributed by atoms with van der Waals surface area (Å²) in [7, 11) is 1.66. The lowest BCUT2D eigenvalue weighted by Gasteiger charge is -2.28. The maximum absolute atomic E-state index is 9.25. The normalized spacial score (nSPS) is 17.3. The molecule has 27 heavy (non-hydrogen) atoms. The van der Waals surface area contributed by atoms with Gasteiger partial charge < -0.3 is 15.4 Å². The summed E-state index contributed by atoms with van der Waals surface area (Å²) in [6, 6.07) is 0.0625. The van der Waals surface area contributed by atoms with E-state index in [0.717, 1.165) is 30.3 Å². The molecule has 1 aliphatic rings. The van der Waals surface area contributed by atoms with Gasteiger partial charge >= 0.3 is 0 Å². The van der Waals surface area contributed by atoms with Gasteiger partial charge in [0.2, 0.25) is 0 Å². The molecule has 10 heteroatoms. The van der Waals surface area contributed by atoms with Gasteiger partial charge in [-0.15, -0.1) is 0 Å². The molecule has 1 unspecified atom stereocenters. The van der Waals surface area contributed by atoms with E-state index < -0.39 is 0 Å². The van der Waals surface area contributed by atoms with Gasteiger partial charge in [-0.05, 0) is 12.8 Å². The number of nitrogen functional groups attached to an aromatic ring is 1. The number of methoxy groups -OCH3 is 1. The van der Waals surface area contributed by atoms with Gasteiger partial charge in [0.25, 0.3) is 0 Å². The first kappa shape index (κ1) is 17.2. The van der Waals surface area contributed by atoms with E-state index in [1.807, 2.05) is 15.6 Å². The third kappa shape index (κ3) is 3.17. The van der Waals surface area contributed by atoms with Crippen molar-refractivity contribution in [3.05, 3.63) is 18.7 Å². The monoisotopic (exact) mass is 367 g/mol. The Labute approximate surface area is 156 Å². The molecule has 1 atom stereocenters. The minimum Gasteiger partial charge on any atom is -0.383 e.